The molecule has 0 radical (unpaired) electrons. The first-order valence-corrected chi connectivity index (χ1v) is 14.7. The number of benzene rings is 1. The first-order valence-electron chi connectivity index (χ1n) is 14.7. The normalized spacial score (nSPS) is 14.3. The van der Waals surface area contributed by atoms with Crippen molar-refractivity contribution < 1.29 is 4.79 Å². The first kappa shape index (κ1) is 28.6. The van der Waals surface area contributed by atoms with E-state index in [0.29, 0.717) is 11.1 Å². The largest absolute Gasteiger partial charge is 0.354 e. The minimum Gasteiger partial charge on any atom is -0.354 e. The monoisotopic (exact) mass is 554 g/mol. The van der Waals surface area contributed by atoms with E-state index in [9.17, 15) is 9.59 Å². The minimum absolute atomic E-state index is 0.137. The maximum absolute atomic E-state index is 13.7. The fraction of sp³-hybridized carbons (Fsp3) is 0.424. The fourth-order valence-corrected chi connectivity index (χ4v) is 5.93. The Labute approximate surface area is 242 Å². The summed E-state index contributed by atoms with van der Waals surface area (Å²) in [6.45, 7) is 14.4. The van der Waals surface area contributed by atoms with Gasteiger partial charge < -0.3 is 24.7 Å². The minimum atomic E-state index is -0.188. The molecule has 0 aliphatic carbocycles. The molecule has 0 bridgehead atoms. The van der Waals surface area contributed by atoms with Gasteiger partial charge in [0, 0.05) is 78.9 Å². The molecule has 3 aromatic heterocycles. The number of H-pyrrole nitrogens is 1. The molecule has 8 heteroatoms. The summed E-state index contributed by atoms with van der Waals surface area (Å²) in [7, 11) is 2.15. The summed E-state index contributed by atoms with van der Waals surface area (Å²) in [5, 5.41) is 4.16. The molecule has 0 atom stereocenters. The number of pyridine rings is 2. The number of nitrogens with one attached hydrogen (secondary N) is 2. The highest BCUT2D eigenvalue weighted by molar-refractivity contribution is 6.06. The third-order valence-electron chi connectivity index (χ3n) is 8.25. The molecule has 5 rings (SSSR count). The van der Waals surface area contributed by atoms with Gasteiger partial charge in [-0.3, -0.25) is 9.59 Å². The fourth-order valence-electron chi connectivity index (χ4n) is 5.93. The zero-order valence-corrected chi connectivity index (χ0v) is 25.2. The number of hydrogen-bond acceptors (Lipinski definition) is 5. The SMILES string of the molecule is CCCc1cc(C)[nH]c(=O)c1CNC(=O)c1cc(-c2ccc(N3CCN(C)CC3)nc2)c2ccn(C(C)C)c2c1C. The number of aryl methyl sites for hydroxylation is 3. The smallest absolute Gasteiger partial charge is 0.253 e. The van der Waals surface area contributed by atoms with Crippen LogP contribution in [0.1, 0.15) is 66.0 Å². The maximum atomic E-state index is 13.7. The van der Waals surface area contributed by atoms with Crippen LogP contribution in [0.5, 0.6) is 0 Å². The molecule has 1 fully saturated rings. The van der Waals surface area contributed by atoms with E-state index in [1.807, 2.05) is 32.2 Å². The maximum Gasteiger partial charge on any atom is 0.253 e. The van der Waals surface area contributed by atoms with E-state index in [1.165, 1.54) is 0 Å². The van der Waals surface area contributed by atoms with Gasteiger partial charge in [-0.1, -0.05) is 13.3 Å². The Morgan fingerprint density at radius 1 is 1.10 bits per heavy atom. The van der Waals surface area contributed by atoms with Crippen molar-refractivity contribution in [3.8, 4) is 11.1 Å². The third-order valence-corrected chi connectivity index (χ3v) is 8.25. The lowest BCUT2D eigenvalue weighted by Crippen LogP contribution is -2.44. The molecular formula is C33H42N6O2. The lowest BCUT2D eigenvalue weighted by Gasteiger charge is -2.33. The second kappa shape index (κ2) is 11.9. The van der Waals surface area contributed by atoms with Crippen LogP contribution >= 0.6 is 0 Å². The van der Waals surface area contributed by atoms with E-state index in [-0.39, 0.29) is 24.1 Å². The summed E-state index contributed by atoms with van der Waals surface area (Å²) in [6, 6.07) is 10.6. The van der Waals surface area contributed by atoms with Crippen molar-refractivity contribution in [1.29, 1.82) is 0 Å². The topological polar surface area (TPSA) is 86.3 Å². The summed E-state index contributed by atoms with van der Waals surface area (Å²) < 4.78 is 2.22. The summed E-state index contributed by atoms with van der Waals surface area (Å²) in [6.07, 6.45) is 5.75. The van der Waals surface area contributed by atoms with Crippen LogP contribution in [0.3, 0.4) is 0 Å². The summed E-state index contributed by atoms with van der Waals surface area (Å²) >= 11 is 0. The number of aromatic amines is 1. The second-order valence-electron chi connectivity index (χ2n) is 11.6. The first-order chi connectivity index (χ1) is 19.7. The van der Waals surface area contributed by atoms with Crippen LogP contribution in [0.25, 0.3) is 22.0 Å². The molecule has 8 nitrogen and oxygen atoms in total. The molecule has 2 N–H and O–H groups in total. The molecule has 0 spiro atoms. The van der Waals surface area contributed by atoms with Gasteiger partial charge in [-0.15, -0.1) is 0 Å². The highest BCUT2D eigenvalue weighted by Crippen LogP contribution is 2.35. The lowest BCUT2D eigenvalue weighted by atomic mass is 9.95. The molecule has 41 heavy (non-hydrogen) atoms. The summed E-state index contributed by atoms with van der Waals surface area (Å²) in [4.78, 5) is 38.9. The Bertz CT molecular complexity index is 1610. The predicted molar refractivity (Wildman–Crippen MR) is 167 cm³/mol. The van der Waals surface area contributed by atoms with Crippen LogP contribution < -0.4 is 15.8 Å². The Morgan fingerprint density at radius 3 is 2.51 bits per heavy atom. The standard InChI is InChI=1S/C33H42N6O2/c1-7-8-24-17-22(4)36-33(41)29(24)20-35-32(40)27-18-28(26-11-12-39(21(2)3)31(26)23(27)5)25-9-10-30(34-19-25)38-15-13-37(6)14-16-38/h9-12,17-19,21H,7-8,13-16,20H2,1-6H3,(H,35,40)(H,36,41). The third kappa shape index (κ3) is 5.79. The van der Waals surface area contributed by atoms with E-state index in [0.717, 1.165) is 83.7 Å². The molecule has 0 unspecified atom stereocenters. The summed E-state index contributed by atoms with van der Waals surface area (Å²) in [5.41, 5.74) is 6.84. The highest BCUT2D eigenvalue weighted by Gasteiger charge is 2.21. The number of piperazine rings is 1. The number of likely N-dealkylation sites (N-methyl/N-ethyl adjacent to an activating group) is 1. The van der Waals surface area contributed by atoms with E-state index in [2.05, 4.69) is 76.9 Å². The number of rotatable bonds is 8. The summed E-state index contributed by atoms with van der Waals surface area (Å²) in [5.74, 6) is 0.792. The van der Waals surface area contributed by atoms with Gasteiger partial charge in [0.2, 0.25) is 0 Å². The van der Waals surface area contributed by atoms with Gasteiger partial charge >= 0.3 is 0 Å². The zero-order valence-electron chi connectivity index (χ0n) is 25.2. The van der Waals surface area contributed by atoms with Crippen LogP contribution in [-0.4, -0.2) is 58.6 Å². The predicted octanol–water partition coefficient (Wildman–Crippen LogP) is 5.22. The molecule has 0 saturated carbocycles. The van der Waals surface area contributed by atoms with Crippen LogP contribution in [-0.2, 0) is 13.0 Å². The Hall–Kier alpha value is -3.91. The quantitative estimate of drug-likeness (QED) is 0.312. The number of aromatic nitrogens is 3. The number of nitrogens with zero attached hydrogens (tertiary/aromatic N) is 4. The molecule has 1 aliphatic rings. The van der Waals surface area contributed by atoms with Gasteiger partial charge in [-0.25, -0.2) is 4.98 Å². The Morgan fingerprint density at radius 2 is 1.85 bits per heavy atom. The van der Waals surface area contributed by atoms with Gasteiger partial charge in [0.15, 0.2) is 0 Å². The molecule has 216 valence electrons. The van der Waals surface area contributed by atoms with Crippen molar-refractivity contribution in [3.05, 3.63) is 81.0 Å². The van der Waals surface area contributed by atoms with Crippen LogP contribution in [0.15, 0.2) is 47.5 Å². The highest BCUT2D eigenvalue weighted by atomic mass is 16.1. The average Bonchev–Trinajstić information content (AvgIpc) is 3.40. The Kier molecular flexibility index (Phi) is 8.31. The van der Waals surface area contributed by atoms with Crippen LogP contribution in [0.4, 0.5) is 5.82 Å². The molecule has 4 aromatic rings. The van der Waals surface area contributed by atoms with Gasteiger partial charge in [-0.05, 0) is 88.2 Å². The van der Waals surface area contributed by atoms with Crippen molar-refractivity contribution in [2.75, 3.05) is 38.1 Å². The van der Waals surface area contributed by atoms with Crippen LogP contribution in [0.2, 0.25) is 0 Å². The van der Waals surface area contributed by atoms with Crippen molar-refractivity contribution in [2.45, 2.75) is 60.0 Å². The molecule has 1 saturated heterocycles. The molecule has 1 aliphatic heterocycles. The van der Waals surface area contributed by atoms with E-state index < -0.39 is 0 Å². The van der Waals surface area contributed by atoms with Crippen LogP contribution in [0, 0.1) is 13.8 Å². The molecule has 1 amide bonds. The van der Waals surface area contributed by atoms with E-state index in [1.54, 1.807) is 0 Å². The number of hydrogen-bond donors (Lipinski definition) is 2. The van der Waals surface area contributed by atoms with E-state index in [4.69, 9.17) is 4.98 Å². The molecule has 4 heterocycles. The molecular weight excluding hydrogens is 512 g/mol. The van der Waals surface area contributed by atoms with Crippen molar-refractivity contribution in [1.82, 2.24) is 24.8 Å². The number of anilines is 1. The van der Waals surface area contributed by atoms with Crippen molar-refractivity contribution >= 4 is 22.6 Å². The number of carbonyl (C=O) groups excluding carboxylic acids is 1. The zero-order chi connectivity index (χ0) is 29.3. The average molecular weight is 555 g/mol. The van der Waals surface area contributed by atoms with Gasteiger partial charge in [-0.2, -0.15) is 0 Å². The van der Waals surface area contributed by atoms with Gasteiger partial charge in [0.1, 0.15) is 5.82 Å². The Balaban J connectivity index is 1.51. The van der Waals surface area contributed by atoms with Crippen molar-refractivity contribution in [3.63, 3.8) is 0 Å². The molecule has 1 aromatic carbocycles. The number of fused-ring (bicyclic) bond motifs is 1. The second-order valence-corrected chi connectivity index (χ2v) is 11.6. The number of carbonyl (C=O) groups is 1. The lowest BCUT2D eigenvalue weighted by molar-refractivity contribution is 0.0950. The number of amides is 1. The van der Waals surface area contributed by atoms with Gasteiger partial charge in [0.05, 0.1) is 5.52 Å². The van der Waals surface area contributed by atoms with E-state index >= 15 is 0 Å². The van der Waals surface area contributed by atoms with Gasteiger partial charge in [0.25, 0.3) is 11.5 Å². The van der Waals surface area contributed by atoms with Crippen molar-refractivity contribution in [2.24, 2.45) is 0 Å².